The van der Waals surface area contributed by atoms with Gasteiger partial charge in [-0.2, -0.15) is 0 Å². The van der Waals surface area contributed by atoms with Gasteiger partial charge >= 0.3 is 6.03 Å². The Bertz CT molecular complexity index is 1010. The van der Waals surface area contributed by atoms with E-state index in [-0.39, 0.29) is 23.6 Å². The van der Waals surface area contributed by atoms with Crippen LogP contribution in [0.4, 0.5) is 13.6 Å². The Hall–Kier alpha value is -2.76. The molecule has 7 N–H and O–H groups in total. The van der Waals surface area contributed by atoms with Gasteiger partial charge in [0.25, 0.3) is 6.43 Å². The Balaban J connectivity index is 1.66. The number of likely N-dealkylation sites (tertiary alicyclic amines) is 1. The molecule has 1 aliphatic carbocycles. The van der Waals surface area contributed by atoms with Crippen LogP contribution in [0.2, 0.25) is 0 Å². The zero-order chi connectivity index (χ0) is 27.2. The molecule has 2 fully saturated rings. The Labute approximate surface area is 224 Å². The summed E-state index contributed by atoms with van der Waals surface area (Å²) in [6.45, 7) is 3.62. The average molecular weight is 533 g/mol. The summed E-state index contributed by atoms with van der Waals surface area (Å²) in [5.74, 6) is 0.0209. The number of nitrogens with one attached hydrogen (secondary N) is 3. The number of hydrogen-bond acceptors (Lipinski definition) is 7. The predicted octanol–water partition coefficient (Wildman–Crippen LogP) is 1.67. The van der Waals surface area contributed by atoms with Crippen LogP contribution in [-0.4, -0.2) is 93.5 Å². The fourth-order valence-electron chi connectivity index (χ4n) is 6.15. The summed E-state index contributed by atoms with van der Waals surface area (Å²) in [6, 6.07) is -0.0654. The second-order valence-corrected chi connectivity index (χ2v) is 10.4. The summed E-state index contributed by atoms with van der Waals surface area (Å²) in [5.41, 5.74) is 15.7. The smallest absolute Gasteiger partial charge is 0.317 e. The van der Waals surface area contributed by atoms with E-state index in [0.717, 1.165) is 50.0 Å². The monoisotopic (exact) mass is 532 g/mol. The number of carbonyl (C=O) groups excluding carboxylic acids is 1. The third kappa shape index (κ3) is 6.10. The number of amides is 2. The van der Waals surface area contributed by atoms with E-state index >= 15 is 0 Å². The molecule has 11 heteroatoms. The van der Waals surface area contributed by atoms with E-state index < -0.39 is 12.6 Å². The van der Waals surface area contributed by atoms with Gasteiger partial charge in [0.15, 0.2) is 0 Å². The van der Waals surface area contributed by atoms with Gasteiger partial charge in [0.1, 0.15) is 0 Å². The van der Waals surface area contributed by atoms with Crippen molar-refractivity contribution in [1.29, 1.82) is 0 Å². The summed E-state index contributed by atoms with van der Waals surface area (Å²) < 4.78 is 28.6. The number of carbonyl (C=O) groups is 1. The number of aliphatic imine (C=N–C) groups is 1. The molecule has 210 valence electrons. The van der Waals surface area contributed by atoms with E-state index in [4.69, 9.17) is 11.5 Å². The highest BCUT2D eigenvalue weighted by Gasteiger charge is 2.39. The molecule has 0 saturated carbocycles. The van der Waals surface area contributed by atoms with Gasteiger partial charge in [0, 0.05) is 81.5 Å². The van der Waals surface area contributed by atoms with E-state index in [9.17, 15) is 13.6 Å². The summed E-state index contributed by atoms with van der Waals surface area (Å²) >= 11 is 0. The van der Waals surface area contributed by atoms with Gasteiger partial charge in [-0.15, -0.1) is 0 Å². The normalized spacial score (nSPS) is 26.8. The maximum Gasteiger partial charge on any atom is 0.317 e. The standard InChI is InChI=1S/C27H42F2N8O/c1-32-15-18(14-30)20-12-17-4-3-10-37(24(17)13-21(20)25(28)29)26(31)22-16-36(27(38)33-2)11-7-23(22)35-19-5-8-34-9-6-19/h12-15,17,19,24-26,34-35H,3-11,16,30-31H2,1-2H3,(H,33,38). The van der Waals surface area contributed by atoms with Crippen LogP contribution in [0.5, 0.6) is 0 Å². The molecule has 0 spiro atoms. The maximum atomic E-state index is 14.3. The van der Waals surface area contributed by atoms with Crippen LogP contribution in [0.25, 0.3) is 0 Å². The van der Waals surface area contributed by atoms with Crippen LogP contribution in [0, 0.1) is 5.92 Å². The lowest BCUT2D eigenvalue weighted by Gasteiger charge is -2.46. The van der Waals surface area contributed by atoms with Crippen LogP contribution >= 0.6 is 0 Å². The topological polar surface area (TPSA) is 124 Å². The van der Waals surface area contributed by atoms with E-state index in [1.54, 1.807) is 25.1 Å². The summed E-state index contributed by atoms with van der Waals surface area (Å²) in [4.78, 5) is 20.4. The van der Waals surface area contributed by atoms with Crippen LogP contribution in [0.1, 0.15) is 32.1 Å². The molecule has 9 nitrogen and oxygen atoms in total. The average Bonchev–Trinajstić information content (AvgIpc) is 2.94. The van der Waals surface area contributed by atoms with Gasteiger partial charge in [-0.25, -0.2) is 13.6 Å². The molecule has 3 heterocycles. The predicted molar refractivity (Wildman–Crippen MR) is 147 cm³/mol. The van der Waals surface area contributed by atoms with E-state index in [2.05, 4.69) is 25.8 Å². The van der Waals surface area contributed by atoms with Crippen molar-refractivity contribution < 1.29 is 13.6 Å². The minimum absolute atomic E-state index is 0.0209. The number of allylic oxidation sites excluding steroid dienone is 3. The number of piperidine rings is 2. The fourth-order valence-corrected chi connectivity index (χ4v) is 6.15. The molecule has 4 rings (SSSR count). The Morgan fingerprint density at radius 2 is 2.00 bits per heavy atom. The van der Waals surface area contributed by atoms with Crippen LogP contribution in [0.15, 0.2) is 51.3 Å². The molecular formula is C27H42F2N8O. The molecule has 38 heavy (non-hydrogen) atoms. The first-order chi connectivity index (χ1) is 18.4. The lowest BCUT2D eigenvalue weighted by molar-refractivity contribution is 0.101. The zero-order valence-electron chi connectivity index (χ0n) is 22.4. The number of halogens is 2. The molecule has 0 bridgehead atoms. The Morgan fingerprint density at radius 1 is 1.24 bits per heavy atom. The van der Waals surface area contributed by atoms with E-state index in [1.165, 1.54) is 12.4 Å². The molecule has 0 aromatic rings. The zero-order valence-corrected chi connectivity index (χ0v) is 22.4. The first-order valence-corrected chi connectivity index (χ1v) is 13.6. The first kappa shape index (κ1) is 28.3. The molecule has 0 radical (unpaired) electrons. The molecule has 3 aliphatic heterocycles. The SMILES string of the molecule is CN=CC(=CN)C1=CC2CCCN(C(N)C3=C(NC4CCNCC4)CCN(C(=O)NC)C3)C2C=C1C(F)F. The molecule has 0 aromatic carbocycles. The van der Waals surface area contributed by atoms with Gasteiger partial charge in [0.05, 0.1) is 6.17 Å². The van der Waals surface area contributed by atoms with Crippen LogP contribution in [0.3, 0.4) is 0 Å². The van der Waals surface area contributed by atoms with Crippen molar-refractivity contribution in [2.75, 3.05) is 46.8 Å². The van der Waals surface area contributed by atoms with Gasteiger partial charge < -0.3 is 32.3 Å². The molecule has 4 aliphatic rings. The maximum absolute atomic E-state index is 14.3. The number of rotatable bonds is 7. The van der Waals surface area contributed by atoms with Crippen molar-refractivity contribution in [3.63, 3.8) is 0 Å². The van der Waals surface area contributed by atoms with Crippen molar-refractivity contribution in [2.24, 2.45) is 22.4 Å². The van der Waals surface area contributed by atoms with Gasteiger partial charge in [-0.05, 0) is 55.8 Å². The number of fused-ring (bicyclic) bond motifs is 1. The molecule has 0 aromatic heterocycles. The molecule has 2 amide bonds. The molecular weight excluding hydrogens is 490 g/mol. The number of urea groups is 1. The summed E-state index contributed by atoms with van der Waals surface area (Å²) in [6.07, 6.45) is 7.78. The van der Waals surface area contributed by atoms with Crippen LogP contribution in [-0.2, 0) is 0 Å². The summed E-state index contributed by atoms with van der Waals surface area (Å²) in [5, 5.41) is 9.85. The minimum atomic E-state index is -2.66. The van der Waals surface area contributed by atoms with Gasteiger partial charge in [-0.3, -0.25) is 9.89 Å². The Morgan fingerprint density at radius 3 is 2.66 bits per heavy atom. The van der Waals surface area contributed by atoms with E-state index in [0.29, 0.717) is 43.2 Å². The second kappa shape index (κ2) is 12.9. The second-order valence-electron chi connectivity index (χ2n) is 10.4. The van der Waals surface area contributed by atoms with Crippen LogP contribution < -0.4 is 27.4 Å². The van der Waals surface area contributed by atoms with Gasteiger partial charge in [0.2, 0.25) is 0 Å². The number of alkyl halides is 2. The van der Waals surface area contributed by atoms with Gasteiger partial charge in [-0.1, -0.05) is 12.2 Å². The lowest BCUT2D eigenvalue weighted by Crippen LogP contribution is -2.57. The Kier molecular flexibility index (Phi) is 9.56. The minimum Gasteiger partial charge on any atom is -0.404 e. The first-order valence-electron chi connectivity index (χ1n) is 13.6. The number of hydrogen-bond donors (Lipinski definition) is 5. The third-order valence-electron chi connectivity index (χ3n) is 8.12. The molecule has 3 unspecified atom stereocenters. The van der Waals surface area contributed by atoms with Crippen molar-refractivity contribution >= 4 is 12.2 Å². The van der Waals surface area contributed by atoms with Crippen molar-refractivity contribution in [3.8, 4) is 0 Å². The highest BCUT2D eigenvalue weighted by Crippen LogP contribution is 2.39. The van der Waals surface area contributed by atoms with Crippen molar-refractivity contribution in [3.05, 3.63) is 46.3 Å². The molecule has 3 atom stereocenters. The highest BCUT2D eigenvalue weighted by molar-refractivity contribution is 5.87. The fraction of sp³-hybridized carbons (Fsp3) is 0.630. The van der Waals surface area contributed by atoms with Crippen molar-refractivity contribution in [1.82, 2.24) is 25.8 Å². The largest absolute Gasteiger partial charge is 0.404 e. The third-order valence-corrected chi connectivity index (χ3v) is 8.12. The number of nitrogens with two attached hydrogens (primary N) is 2. The van der Waals surface area contributed by atoms with Crippen molar-refractivity contribution in [2.45, 2.75) is 56.8 Å². The summed E-state index contributed by atoms with van der Waals surface area (Å²) in [7, 11) is 3.22. The number of nitrogens with zero attached hydrogens (tertiary/aromatic N) is 3. The van der Waals surface area contributed by atoms with E-state index in [1.807, 2.05) is 6.08 Å². The quantitative estimate of drug-likeness (QED) is 0.318. The molecule has 2 saturated heterocycles. The highest BCUT2D eigenvalue weighted by atomic mass is 19.3. The lowest BCUT2D eigenvalue weighted by atomic mass is 9.78.